The number of ether oxygens (including phenoxy) is 2. The molecule has 0 aromatic heterocycles. The van der Waals surface area contributed by atoms with Gasteiger partial charge in [0.2, 0.25) is 5.60 Å². The largest absolute Gasteiger partial charge is 0.463 e. The van der Waals surface area contributed by atoms with Crippen LogP contribution in [0.1, 0.15) is 44.6 Å². The molecule has 1 aliphatic carbocycles. The molecule has 1 amide bonds. The fourth-order valence-corrected chi connectivity index (χ4v) is 4.66. The van der Waals surface area contributed by atoms with Crippen LogP contribution in [-0.4, -0.2) is 42.6 Å². The quantitative estimate of drug-likeness (QED) is 0.351. The lowest BCUT2D eigenvalue weighted by molar-refractivity contribution is -0.180. The highest BCUT2D eigenvalue weighted by Crippen LogP contribution is 2.40. The second-order valence-corrected chi connectivity index (χ2v) is 8.15. The molecule has 0 saturated carbocycles. The summed E-state index contributed by atoms with van der Waals surface area (Å²) in [5.41, 5.74) is 1.91. The first-order valence-corrected chi connectivity index (χ1v) is 10.6. The molecule has 6 heteroatoms. The average molecular weight is 483 g/mol. The van der Waals surface area contributed by atoms with E-state index in [4.69, 9.17) is 9.47 Å². The van der Waals surface area contributed by atoms with E-state index in [1.807, 2.05) is 12.1 Å². The lowest BCUT2D eigenvalue weighted by Gasteiger charge is -2.43. The Hall–Kier alpha value is -1.41. The zero-order valence-corrected chi connectivity index (χ0v) is 18.1. The predicted octanol–water partition coefficient (Wildman–Crippen LogP) is 3.84. The summed E-state index contributed by atoms with van der Waals surface area (Å²) in [7, 11) is 1.43. The van der Waals surface area contributed by atoms with Gasteiger partial charge in [-0.2, -0.15) is 0 Å². The predicted molar refractivity (Wildman–Crippen MR) is 111 cm³/mol. The summed E-state index contributed by atoms with van der Waals surface area (Å²) in [4.78, 5) is 27.9. The minimum Gasteiger partial charge on any atom is -0.463 e. The van der Waals surface area contributed by atoms with E-state index in [2.05, 4.69) is 34.7 Å². The average Bonchev–Trinajstić information content (AvgIpc) is 2.68. The lowest BCUT2D eigenvalue weighted by atomic mass is 9.81. The van der Waals surface area contributed by atoms with Gasteiger partial charge in [-0.3, -0.25) is 4.79 Å². The van der Waals surface area contributed by atoms with E-state index in [9.17, 15) is 9.59 Å². The summed E-state index contributed by atoms with van der Waals surface area (Å²) >= 11 is 2.32. The van der Waals surface area contributed by atoms with E-state index in [0.717, 1.165) is 37.8 Å². The Morgan fingerprint density at radius 2 is 2.00 bits per heavy atom. The molecule has 27 heavy (non-hydrogen) atoms. The monoisotopic (exact) mass is 483 g/mol. The molecule has 1 heterocycles. The van der Waals surface area contributed by atoms with E-state index >= 15 is 0 Å². The molecule has 146 valence electrons. The van der Waals surface area contributed by atoms with Crippen molar-refractivity contribution in [3.8, 4) is 0 Å². The molecule has 0 saturated heterocycles. The summed E-state index contributed by atoms with van der Waals surface area (Å²) in [6.07, 6.45) is 5.01. The molecule has 1 aromatic rings. The maximum Gasteiger partial charge on any atom is 0.348 e. The Labute approximate surface area is 174 Å². The standard InChI is InChI=1S/C21H26INO4/c1-3-27-20(25)21(26-2)14-16-9-5-7-11-18(16)23(19(21)24)13-12-15-8-4-6-10-17(15)22/h4,6,8,10H,3,5,7,9,11-14H2,1-2H3. The van der Waals surface area contributed by atoms with E-state index in [1.165, 1.54) is 21.8 Å². The van der Waals surface area contributed by atoms with Crippen LogP contribution in [0.25, 0.3) is 0 Å². The van der Waals surface area contributed by atoms with E-state index in [0.29, 0.717) is 13.0 Å². The van der Waals surface area contributed by atoms with Gasteiger partial charge in [0, 0.05) is 29.3 Å². The number of carbonyl (C=O) groups excluding carboxylic acids is 2. The number of carbonyl (C=O) groups is 2. The highest BCUT2D eigenvalue weighted by atomic mass is 127. The summed E-state index contributed by atoms with van der Waals surface area (Å²) in [5.74, 6) is -0.857. The molecular formula is C21H26INO4. The van der Waals surface area contributed by atoms with Gasteiger partial charge in [0.25, 0.3) is 5.91 Å². The second kappa shape index (κ2) is 8.73. The van der Waals surface area contributed by atoms with Gasteiger partial charge >= 0.3 is 5.97 Å². The molecule has 1 unspecified atom stereocenters. The maximum atomic E-state index is 13.4. The smallest absolute Gasteiger partial charge is 0.348 e. The van der Waals surface area contributed by atoms with Crippen LogP contribution in [0.5, 0.6) is 0 Å². The number of allylic oxidation sites excluding steroid dienone is 1. The molecule has 3 rings (SSSR count). The van der Waals surface area contributed by atoms with E-state index in [-0.39, 0.29) is 12.5 Å². The summed E-state index contributed by atoms with van der Waals surface area (Å²) in [6.45, 7) is 2.52. The summed E-state index contributed by atoms with van der Waals surface area (Å²) < 4.78 is 12.0. The van der Waals surface area contributed by atoms with Gasteiger partial charge in [0.1, 0.15) is 0 Å². The Morgan fingerprint density at radius 1 is 1.26 bits per heavy atom. The molecule has 5 nitrogen and oxygen atoms in total. The van der Waals surface area contributed by atoms with Crippen LogP contribution >= 0.6 is 22.6 Å². The van der Waals surface area contributed by atoms with Gasteiger partial charge in [-0.15, -0.1) is 0 Å². The topological polar surface area (TPSA) is 55.8 Å². The molecule has 0 bridgehead atoms. The first-order valence-electron chi connectivity index (χ1n) is 9.52. The molecule has 2 aliphatic rings. The second-order valence-electron chi connectivity index (χ2n) is 6.98. The zero-order chi connectivity index (χ0) is 19.4. The van der Waals surface area contributed by atoms with Crippen LogP contribution in [0.2, 0.25) is 0 Å². The van der Waals surface area contributed by atoms with Crippen LogP contribution in [0.15, 0.2) is 35.5 Å². The number of rotatable bonds is 6. The molecule has 1 aliphatic heterocycles. The molecule has 0 fully saturated rings. The summed E-state index contributed by atoms with van der Waals surface area (Å²) in [5, 5.41) is 0. The molecule has 0 N–H and O–H groups in total. The third-order valence-corrected chi connectivity index (χ3v) is 6.50. The van der Waals surface area contributed by atoms with Crippen LogP contribution in [0.4, 0.5) is 0 Å². The highest BCUT2D eigenvalue weighted by molar-refractivity contribution is 14.1. The van der Waals surface area contributed by atoms with Crippen LogP contribution in [0, 0.1) is 3.57 Å². The molecule has 0 radical (unpaired) electrons. The number of esters is 1. The van der Waals surface area contributed by atoms with Crippen molar-refractivity contribution in [3.63, 3.8) is 0 Å². The Bertz CT molecular complexity index is 760. The molecule has 0 spiro atoms. The van der Waals surface area contributed by atoms with Crippen molar-refractivity contribution in [1.29, 1.82) is 0 Å². The Balaban J connectivity index is 1.92. The zero-order valence-electron chi connectivity index (χ0n) is 15.9. The SMILES string of the molecule is CCOC(=O)C1(OC)CC2=C(CCCC2)N(CCc2ccccc2I)C1=O. The van der Waals surface area contributed by atoms with Gasteiger partial charge in [0.15, 0.2) is 0 Å². The minimum atomic E-state index is -1.55. The number of nitrogens with zero attached hydrogens (tertiary/aromatic N) is 1. The lowest BCUT2D eigenvalue weighted by Crippen LogP contribution is -2.59. The molecule has 1 aromatic carbocycles. The third-order valence-electron chi connectivity index (χ3n) is 5.45. The number of benzene rings is 1. The van der Waals surface area contributed by atoms with Gasteiger partial charge in [-0.05, 0) is 78.8 Å². The third kappa shape index (κ3) is 3.92. The number of methoxy groups -OCH3 is 1. The van der Waals surface area contributed by atoms with Crippen molar-refractivity contribution >= 4 is 34.5 Å². The van der Waals surface area contributed by atoms with Crippen LogP contribution in [0.3, 0.4) is 0 Å². The van der Waals surface area contributed by atoms with Gasteiger partial charge in [-0.1, -0.05) is 18.2 Å². The van der Waals surface area contributed by atoms with E-state index in [1.54, 1.807) is 11.8 Å². The van der Waals surface area contributed by atoms with Crippen molar-refractivity contribution in [2.75, 3.05) is 20.3 Å². The normalized spacial score (nSPS) is 22.6. The van der Waals surface area contributed by atoms with E-state index < -0.39 is 11.6 Å². The van der Waals surface area contributed by atoms with Crippen molar-refractivity contribution < 1.29 is 19.1 Å². The first-order chi connectivity index (χ1) is 13.0. The fourth-order valence-electron chi connectivity index (χ4n) is 4.00. The summed E-state index contributed by atoms with van der Waals surface area (Å²) in [6, 6.07) is 8.17. The van der Waals surface area contributed by atoms with Crippen molar-refractivity contribution in [1.82, 2.24) is 4.90 Å². The number of amides is 1. The van der Waals surface area contributed by atoms with Gasteiger partial charge in [0.05, 0.1) is 6.61 Å². The Morgan fingerprint density at radius 3 is 2.70 bits per heavy atom. The maximum absolute atomic E-state index is 13.4. The number of hydrogen-bond acceptors (Lipinski definition) is 4. The van der Waals surface area contributed by atoms with Crippen molar-refractivity contribution in [3.05, 3.63) is 44.7 Å². The number of hydrogen-bond donors (Lipinski definition) is 0. The van der Waals surface area contributed by atoms with Crippen molar-refractivity contribution in [2.24, 2.45) is 0 Å². The number of halogens is 1. The first kappa shape index (κ1) is 20.3. The molecular weight excluding hydrogens is 457 g/mol. The molecule has 1 atom stereocenters. The van der Waals surface area contributed by atoms with Gasteiger partial charge in [-0.25, -0.2) is 4.79 Å². The van der Waals surface area contributed by atoms with Gasteiger partial charge < -0.3 is 14.4 Å². The fraction of sp³-hybridized carbons (Fsp3) is 0.524. The minimum absolute atomic E-state index is 0.228. The van der Waals surface area contributed by atoms with Crippen molar-refractivity contribution in [2.45, 2.75) is 51.0 Å². The van der Waals surface area contributed by atoms with Crippen LogP contribution < -0.4 is 0 Å². The van der Waals surface area contributed by atoms with Crippen LogP contribution in [-0.2, 0) is 25.5 Å². The Kier molecular flexibility index (Phi) is 6.57. The highest BCUT2D eigenvalue weighted by Gasteiger charge is 2.54.